The van der Waals surface area contributed by atoms with Crippen LogP contribution in [0.5, 0.6) is 0 Å². The summed E-state index contributed by atoms with van der Waals surface area (Å²) in [6, 6.07) is 6.80. The smallest absolute Gasteiger partial charge is 0.324 e. The van der Waals surface area contributed by atoms with E-state index in [0.29, 0.717) is 11.1 Å². The molecule has 0 aliphatic carbocycles. The number of hydrogen-bond acceptors (Lipinski definition) is 8. The monoisotopic (exact) mass is 360 g/mol. The predicted octanol–water partition coefficient (Wildman–Crippen LogP) is 0.713. The van der Waals surface area contributed by atoms with Gasteiger partial charge in [-0.15, -0.1) is 0 Å². The average molecular weight is 360 g/mol. The van der Waals surface area contributed by atoms with E-state index in [0.717, 1.165) is 0 Å². The summed E-state index contributed by atoms with van der Waals surface area (Å²) in [5, 5.41) is 11.9. The molecule has 138 valence electrons. The highest BCUT2D eigenvalue weighted by atomic mass is 16.5. The Morgan fingerprint density at radius 2 is 1.62 bits per heavy atom. The number of methoxy groups -OCH3 is 2. The van der Waals surface area contributed by atoms with Crippen molar-refractivity contribution < 1.29 is 28.6 Å². The maximum absolute atomic E-state index is 12.4. The van der Waals surface area contributed by atoms with Crippen molar-refractivity contribution in [3.63, 3.8) is 0 Å². The van der Waals surface area contributed by atoms with Gasteiger partial charge in [-0.25, -0.2) is 0 Å². The number of carbonyl (C=O) groups excluding carboxylic acids is 3. The number of nitrogens with zero attached hydrogens (tertiary/aromatic N) is 1. The van der Waals surface area contributed by atoms with Gasteiger partial charge in [0, 0.05) is 6.04 Å². The molecule has 0 bridgehead atoms. The van der Waals surface area contributed by atoms with E-state index in [1.165, 1.54) is 14.2 Å². The number of nitrogens with one attached hydrogen (secondary N) is 1. The number of esters is 3. The second-order valence-corrected chi connectivity index (χ2v) is 5.71. The lowest BCUT2D eigenvalue weighted by Crippen LogP contribution is -2.42. The van der Waals surface area contributed by atoms with E-state index in [1.54, 1.807) is 31.2 Å². The SMILES string of the molecule is CCOC(=O)[C@@H]1N[C@H](c2ccc(C#N)cc2)[C@H](C(=O)OC)[C@@H]1C(=O)OC. The van der Waals surface area contributed by atoms with Crippen LogP contribution in [0, 0.1) is 23.2 Å². The van der Waals surface area contributed by atoms with Gasteiger partial charge in [-0.2, -0.15) is 5.26 Å². The molecule has 0 amide bonds. The molecule has 8 heteroatoms. The van der Waals surface area contributed by atoms with E-state index in [-0.39, 0.29) is 6.61 Å². The van der Waals surface area contributed by atoms with Crippen molar-refractivity contribution in [2.24, 2.45) is 11.8 Å². The van der Waals surface area contributed by atoms with Gasteiger partial charge in [0.05, 0.1) is 44.3 Å². The second kappa shape index (κ2) is 8.45. The van der Waals surface area contributed by atoms with Gasteiger partial charge in [0.25, 0.3) is 0 Å². The Balaban J connectivity index is 2.47. The standard InChI is InChI=1S/C18H20N2O6/c1-4-26-18(23)15-13(17(22)25-3)12(16(21)24-2)14(20-15)11-7-5-10(9-19)6-8-11/h5-8,12-15,20H,4H2,1-3H3/t12-,13+,14-,15-/m1/s1. The zero-order valence-electron chi connectivity index (χ0n) is 14.7. The summed E-state index contributed by atoms with van der Waals surface area (Å²) in [6.07, 6.45) is 0. The molecule has 1 aliphatic rings. The Labute approximate surface area is 151 Å². The van der Waals surface area contributed by atoms with Crippen molar-refractivity contribution >= 4 is 17.9 Å². The van der Waals surface area contributed by atoms with Gasteiger partial charge in [-0.05, 0) is 24.6 Å². The van der Waals surface area contributed by atoms with E-state index in [1.807, 2.05) is 6.07 Å². The number of rotatable bonds is 5. The lowest BCUT2D eigenvalue weighted by Gasteiger charge is -2.21. The van der Waals surface area contributed by atoms with Crippen molar-refractivity contribution in [2.45, 2.75) is 19.0 Å². The minimum atomic E-state index is -1.09. The summed E-state index contributed by atoms with van der Waals surface area (Å²) in [6.45, 7) is 1.78. The van der Waals surface area contributed by atoms with Gasteiger partial charge in [0.15, 0.2) is 0 Å². The predicted molar refractivity (Wildman–Crippen MR) is 88.5 cm³/mol. The second-order valence-electron chi connectivity index (χ2n) is 5.71. The molecule has 4 atom stereocenters. The van der Waals surface area contributed by atoms with E-state index >= 15 is 0 Å². The van der Waals surface area contributed by atoms with Crippen molar-refractivity contribution in [3.05, 3.63) is 35.4 Å². The third kappa shape index (κ3) is 3.68. The Kier molecular flexibility index (Phi) is 6.31. The molecule has 1 aromatic rings. The van der Waals surface area contributed by atoms with Crippen molar-refractivity contribution in [1.29, 1.82) is 5.26 Å². The molecule has 0 saturated carbocycles. The summed E-state index contributed by atoms with van der Waals surface area (Å²) < 4.78 is 14.7. The van der Waals surface area contributed by atoms with Crippen LogP contribution < -0.4 is 5.32 Å². The number of benzene rings is 1. The lowest BCUT2D eigenvalue weighted by atomic mass is 9.84. The van der Waals surface area contributed by atoms with Crippen LogP contribution in [0.4, 0.5) is 0 Å². The maximum atomic E-state index is 12.4. The van der Waals surface area contributed by atoms with Crippen LogP contribution in [0.3, 0.4) is 0 Å². The molecule has 1 saturated heterocycles. The fourth-order valence-corrected chi connectivity index (χ4v) is 3.17. The largest absolute Gasteiger partial charge is 0.469 e. The van der Waals surface area contributed by atoms with Crippen LogP contribution in [0.2, 0.25) is 0 Å². The third-order valence-corrected chi connectivity index (χ3v) is 4.35. The first-order chi connectivity index (χ1) is 12.5. The zero-order chi connectivity index (χ0) is 19.3. The van der Waals surface area contributed by atoms with Crippen LogP contribution in [0.15, 0.2) is 24.3 Å². The van der Waals surface area contributed by atoms with Crippen molar-refractivity contribution in [3.8, 4) is 6.07 Å². The number of carbonyl (C=O) groups is 3. The molecule has 2 rings (SSSR count). The summed E-state index contributed by atoms with van der Waals surface area (Å²) in [7, 11) is 2.40. The molecule has 1 aromatic carbocycles. The quantitative estimate of drug-likeness (QED) is 0.603. The summed E-state index contributed by atoms with van der Waals surface area (Å²) in [5.74, 6) is -4.06. The van der Waals surface area contributed by atoms with Crippen LogP contribution >= 0.6 is 0 Å². The first kappa shape index (κ1) is 19.4. The topological polar surface area (TPSA) is 115 Å². The summed E-state index contributed by atoms with van der Waals surface area (Å²) in [5.41, 5.74) is 1.09. The van der Waals surface area contributed by atoms with Gasteiger partial charge < -0.3 is 14.2 Å². The van der Waals surface area contributed by atoms with Crippen molar-refractivity contribution in [2.75, 3.05) is 20.8 Å². The zero-order valence-corrected chi connectivity index (χ0v) is 14.7. The molecule has 0 unspecified atom stereocenters. The highest BCUT2D eigenvalue weighted by molar-refractivity contribution is 5.91. The Morgan fingerprint density at radius 3 is 2.12 bits per heavy atom. The number of ether oxygens (including phenoxy) is 3. The Hall–Kier alpha value is -2.92. The minimum absolute atomic E-state index is 0.134. The molecule has 0 spiro atoms. The molecular formula is C18H20N2O6. The van der Waals surface area contributed by atoms with Gasteiger partial charge >= 0.3 is 17.9 Å². The fourth-order valence-electron chi connectivity index (χ4n) is 3.17. The first-order valence-corrected chi connectivity index (χ1v) is 8.06. The van der Waals surface area contributed by atoms with Crippen LogP contribution in [-0.2, 0) is 28.6 Å². The van der Waals surface area contributed by atoms with E-state index in [4.69, 9.17) is 19.5 Å². The van der Waals surface area contributed by atoms with Gasteiger partial charge in [-0.3, -0.25) is 19.7 Å². The Bertz CT molecular complexity index is 724. The molecule has 1 heterocycles. The maximum Gasteiger partial charge on any atom is 0.324 e. The normalized spacial score (nSPS) is 24.4. The molecule has 1 N–H and O–H groups in total. The highest BCUT2D eigenvalue weighted by Gasteiger charge is 2.55. The summed E-state index contributed by atoms with van der Waals surface area (Å²) >= 11 is 0. The van der Waals surface area contributed by atoms with Crippen LogP contribution in [-0.4, -0.2) is 44.8 Å². The third-order valence-electron chi connectivity index (χ3n) is 4.35. The summed E-state index contributed by atoms with van der Waals surface area (Å²) in [4.78, 5) is 37.0. The van der Waals surface area contributed by atoms with E-state index in [2.05, 4.69) is 5.32 Å². The lowest BCUT2D eigenvalue weighted by molar-refractivity contribution is -0.160. The van der Waals surface area contributed by atoms with Gasteiger partial charge in [0.1, 0.15) is 6.04 Å². The minimum Gasteiger partial charge on any atom is -0.469 e. The van der Waals surface area contributed by atoms with Gasteiger partial charge in [-0.1, -0.05) is 12.1 Å². The molecule has 1 fully saturated rings. The van der Waals surface area contributed by atoms with E-state index < -0.39 is 41.8 Å². The molecule has 0 aromatic heterocycles. The number of hydrogen-bond donors (Lipinski definition) is 1. The molecule has 1 aliphatic heterocycles. The van der Waals surface area contributed by atoms with Gasteiger partial charge in [0.2, 0.25) is 0 Å². The van der Waals surface area contributed by atoms with E-state index in [9.17, 15) is 14.4 Å². The van der Waals surface area contributed by atoms with Crippen LogP contribution in [0.1, 0.15) is 24.1 Å². The highest BCUT2D eigenvalue weighted by Crippen LogP contribution is 2.39. The molecule has 0 radical (unpaired) electrons. The average Bonchev–Trinajstić information content (AvgIpc) is 3.07. The first-order valence-electron chi connectivity index (χ1n) is 8.06. The number of nitriles is 1. The molecule has 8 nitrogen and oxygen atoms in total. The van der Waals surface area contributed by atoms with Crippen molar-refractivity contribution in [1.82, 2.24) is 5.32 Å². The molecule has 26 heavy (non-hydrogen) atoms. The Morgan fingerprint density at radius 1 is 1.04 bits per heavy atom. The van der Waals surface area contributed by atoms with Crippen LogP contribution in [0.25, 0.3) is 0 Å². The fraction of sp³-hybridized carbons (Fsp3) is 0.444. The molecular weight excluding hydrogens is 340 g/mol.